The van der Waals surface area contributed by atoms with Crippen molar-refractivity contribution in [3.05, 3.63) is 41.6 Å². The lowest BCUT2D eigenvalue weighted by Gasteiger charge is -2.10. The molecule has 0 atom stereocenters. The van der Waals surface area contributed by atoms with Crippen molar-refractivity contribution in [1.82, 2.24) is 9.97 Å². The zero-order valence-electron chi connectivity index (χ0n) is 9.49. The SMILES string of the molecule is Cc1ccccc1-c1cc(C(F)(F)F)nc(N)n1. The molecule has 0 fully saturated rings. The number of nitrogen functional groups attached to an aromatic ring is 1. The van der Waals surface area contributed by atoms with Crippen LogP contribution in [-0.4, -0.2) is 9.97 Å². The molecule has 0 bridgehead atoms. The molecule has 0 aliphatic carbocycles. The molecule has 1 heterocycles. The van der Waals surface area contributed by atoms with Crippen molar-refractivity contribution in [3.63, 3.8) is 0 Å². The average Bonchev–Trinajstić information content (AvgIpc) is 2.27. The highest BCUT2D eigenvalue weighted by Gasteiger charge is 2.33. The number of aryl methyl sites for hydroxylation is 1. The van der Waals surface area contributed by atoms with Crippen LogP contribution in [0, 0.1) is 6.92 Å². The van der Waals surface area contributed by atoms with E-state index in [0.29, 0.717) is 5.56 Å². The van der Waals surface area contributed by atoms with Gasteiger partial charge in [-0.25, -0.2) is 9.97 Å². The topological polar surface area (TPSA) is 51.8 Å². The number of benzene rings is 1. The predicted octanol–water partition coefficient (Wildman–Crippen LogP) is 3.05. The van der Waals surface area contributed by atoms with Crippen LogP contribution in [0.1, 0.15) is 11.3 Å². The molecule has 18 heavy (non-hydrogen) atoms. The molecular formula is C12H10F3N3. The Morgan fingerprint density at radius 2 is 1.78 bits per heavy atom. The second kappa shape index (κ2) is 4.29. The van der Waals surface area contributed by atoms with E-state index in [2.05, 4.69) is 9.97 Å². The molecule has 0 unspecified atom stereocenters. The van der Waals surface area contributed by atoms with E-state index in [1.165, 1.54) is 0 Å². The van der Waals surface area contributed by atoms with Gasteiger partial charge in [0.1, 0.15) is 0 Å². The lowest BCUT2D eigenvalue weighted by atomic mass is 10.1. The first-order valence-corrected chi connectivity index (χ1v) is 5.15. The molecule has 0 amide bonds. The highest BCUT2D eigenvalue weighted by atomic mass is 19.4. The minimum atomic E-state index is -4.53. The minimum Gasteiger partial charge on any atom is -0.368 e. The zero-order chi connectivity index (χ0) is 13.3. The predicted molar refractivity (Wildman–Crippen MR) is 61.6 cm³/mol. The Labute approximate surface area is 101 Å². The van der Waals surface area contributed by atoms with Crippen LogP contribution in [-0.2, 0) is 6.18 Å². The fourth-order valence-electron chi connectivity index (χ4n) is 1.61. The lowest BCUT2D eigenvalue weighted by Crippen LogP contribution is -2.11. The molecule has 0 radical (unpaired) electrons. The highest BCUT2D eigenvalue weighted by molar-refractivity contribution is 5.64. The van der Waals surface area contributed by atoms with Crippen LogP contribution >= 0.6 is 0 Å². The van der Waals surface area contributed by atoms with E-state index in [-0.39, 0.29) is 11.6 Å². The fraction of sp³-hybridized carbons (Fsp3) is 0.167. The van der Waals surface area contributed by atoms with E-state index < -0.39 is 11.9 Å². The Morgan fingerprint density at radius 3 is 2.39 bits per heavy atom. The summed E-state index contributed by atoms with van der Waals surface area (Å²) in [4.78, 5) is 7.05. The van der Waals surface area contributed by atoms with Crippen LogP contribution in [0.4, 0.5) is 19.1 Å². The molecular weight excluding hydrogens is 243 g/mol. The lowest BCUT2D eigenvalue weighted by molar-refractivity contribution is -0.141. The van der Waals surface area contributed by atoms with Gasteiger partial charge in [0.2, 0.25) is 5.95 Å². The van der Waals surface area contributed by atoms with Gasteiger partial charge in [0, 0.05) is 5.56 Å². The maximum Gasteiger partial charge on any atom is 0.433 e. The van der Waals surface area contributed by atoms with E-state index in [1.54, 1.807) is 31.2 Å². The first kappa shape index (κ1) is 12.3. The standard InChI is InChI=1S/C12H10F3N3/c1-7-4-2-3-5-8(7)9-6-10(12(13,14)15)18-11(16)17-9/h2-6H,1H3,(H2,16,17,18). The number of nitrogens with zero attached hydrogens (tertiary/aromatic N) is 2. The summed E-state index contributed by atoms with van der Waals surface area (Å²) in [6.45, 7) is 1.79. The molecule has 0 saturated carbocycles. The number of hydrogen-bond acceptors (Lipinski definition) is 3. The maximum absolute atomic E-state index is 12.6. The summed E-state index contributed by atoms with van der Waals surface area (Å²) in [7, 11) is 0. The van der Waals surface area contributed by atoms with Gasteiger partial charge in [-0.05, 0) is 18.6 Å². The van der Waals surface area contributed by atoms with E-state index >= 15 is 0 Å². The molecule has 94 valence electrons. The molecule has 0 aliphatic heterocycles. The zero-order valence-corrected chi connectivity index (χ0v) is 9.49. The van der Waals surface area contributed by atoms with Crippen LogP contribution in [0.25, 0.3) is 11.3 Å². The van der Waals surface area contributed by atoms with E-state index in [1.807, 2.05) is 0 Å². The summed E-state index contributed by atoms with van der Waals surface area (Å²) < 4.78 is 37.9. The van der Waals surface area contributed by atoms with Gasteiger partial charge in [0.25, 0.3) is 0 Å². The fourth-order valence-corrected chi connectivity index (χ4v) is 1.61. The summed E-state index contributed by atoms with van der Waals surface area (Å²) in [5.74, 6) is -0.386. The Kier molecular flexibility index (Phi) is 2.94. The number of aromatic nitrogens is 2. The summed E-state index contributed by atoms with van der Waals surface area (Å²) in [5.41, 5.74) is 5.89. The molecule has 3 nitrogen and oxygen atoms in total. The molecule has 2 rings (SSSR count). The van der Waals surface area contributed by atoms with Gasteiger partial charge >= 0.3 is 6.18 Å². The third kappa shape index (κ3) is 2.42. The number of rotatable bonds is 1. The molecule has 1 aromatic heterocycles. The number of anilines is 1. The van der Waals surface area contributed by atoms with Crippen molar-refractivity contribution in [2.75, 3.05) is 5.73 Å². The second-order valence-electron chi connectivity index (χ2n) is 3.81. The molecule has 0 spiro atoms. The first-order valence-electron chi connectivity index (χ1n) is 5.15. The largest absolute Gasteiger partial charge is 0.433 e. The van der Waals surface area contributed by atoms with E-state index in [4.69, 9.17) is 5.73 Å². The summed E-state index contributed by atoms with van der Waals surface area (Å²) in [6, 6.07) is 7.92. The molecule has 0 aliphatic rings. The van der Waals surface area contributed by atoms with Crippen molar-refractivity contribution in [3.8, 4) is 11.3 Å². The summed E-state index contributed by atoms with van der Waals surface area (Å²) in [5, 5.41) is 0. The van der Waals surface area contributed by atoms with Gasteiger partial charge < -0.3 is 5.73 Å². The Balaban J connectivity index is 2.60. The van der Waals surface area contributed by atoms with Crippen molar-refractivity contribution < 1.29 is 13.2 Å². The van der Waals surface area contributed by atoms with Gasteiger partial charge in [-0.15, -0.1) is 0 Å². The van der Waals surface area contributed by atoms with Crippen molar-refractivity contribution >= 4 is 5.95 Å². The number of nitrogens with two attached hydrogens (primary N) is 1. The summed E-state index contributed by atoms with van der Waals surface area (Å²) >= 11 is 0. The Morgan fingerprint density at radius 1 is 1.11 bits per heavy atom. The van der Waals surface area contributed by atoms with Crippen LogP contribution in [0.3, 0.4) is 0 Å². The van der Waals surface area contributed by atoms with Gasteiger partial charge in [-0.2, -0.15) is 13.2 Å². The van der Waals surface area contributed by atoms with Crippen LogP contribution in [0.15, 0.2) is 30.3 Å². The smallest absolute Gasteiger partial charge is 0.368 e. The van der Waals surface area contributed by atoms with Crippen LogP contribution in [0.5, 0.6) is 0 Å². The van der Waals surface area contributed by atoms with Gasteiger partial charge in [-0.1, -0.05) is 24.3 Å². The van der Waals surface area contributed by atoms with Crippen LogP contribution in [0.2, 0.25) is 0 Å². The number of hydrogen-bond donors (Lipinski definition) is 1. The van der Waals surface area contributed by atoms with E-state index in [9.17, 15) is 13.2 Å². The Bertz CT molecular complexity index is 579. The summed E-state index contributed by atoms with van der Waals surface area (Å²) in [6.07, 6.45) is -4.53. The third-order valence-corrected chi connectivity index (χ3v) is 2.45. The maximum atomic E-state index is 12.6. The normalized spacial score (nSPS) is 11.6. The van der Waals surface area contributed by atoms with Gasteiger partial charge in [-0.3, -0.25) is 0 Å². The third-order valence-electron chi connectivity index (χ3n) is 2.45. The van der Waals surface area contributed by atoms with E-state index in [0.717, 1.165) is 11.6 Å². The number of alkyl halides is 3. The minimum absolute atomic E-state index is 0.174. The van der Waals surface area contributed by atoms with Gasteiger partial charge in [0.15, 0.2) is 5.69 Å². The van der Waals surface area contributed by atoms with Crippen molar-refractivity contribution in [2.24, 2.45) is 0 Å². The van der Waals surface area contributed by atoms with Crippen molar-refractivity contribution in [1.29, 1.82) is 0 Å². The first-order chi connectivity index (χ1) is 8.38. The highest BCUT2D eigenvalue weighted by Crippen LogP contribution is 2.31. The second-order valence-corrected chi connectivity index (χ2v) is 3.81. The molecule has 6 heteroatoms. The Hall–Kier alpha value is -2.11. The quantitative estimate of drug-likeness (QED) is 0.849. The average molecular weight is 253 g/mol. The molecule has 1 aromatic carbocycles. The van der Waals surface area contributed by atoms with Gasteiger partial charge in [0.05, 0.1) is 5.69 Å². The monoisotopic (exact) mass is 253 g/mol. The molecule has 2 aromatic rings. The van der Waals surface area contributed by atoms with Crippen LogP contribution < -0.4 is 5.73 Å². The molecule has 0 saturated heterocycles. The van der Waals surface area contributed by atoms with Crippen molar-refractivity contribution in [2.45, 2.75) is 13.1 Å². The molecule has 2 N–H and O–H groups in total. The number of halogens is 3.